The van der Waals surface area contributed by atoms with Crippen LogP contribution in [0.2, 0.25) is 0 Å². The minimum absolute atomic E-state index is 0.504. The van der Waals surface area contributed by atoms with Crippen LogP contribution in [0.3, 0.4) is 0 Å². The number of carbonyl (C=O) groups is 2. The van der Waals surface area contributed by atoms with E-state index in [4.69, 9.17) is 0 Å². The first-order valence-electron chi connectivity index (χ1n) is 7.55. The minimum Gasteiger partial charge on any atom is -0.465 e. The average molecular weight is 470 g/mol. The molecule has 16 heteroatoms. The number of esters is 2. The molecule has 0 aromatic heterocycles. The number of hydrogen-bond donors (Lipinski definition) is 0. The highest BCUT2D eigenvalue weighted by Crippen LogP contribution is 2.54. The van der Waals surface area contributed by atoms with E-state index in [0.29, 0.717) is 0 Å². The third-order valence-corrected chi connectivity index (χ3v) is 5.15. The molecule has 172 valence electrons. The summed E-state index contributed by atoms with van der Waals surface area (Å²) in [6.07, 6.45) is -9.83. The Balaban J connectivity index is 5.82. The zero-order valence-electron chi connectivity index (χ0n) is 14.7. The van der Waals surface area contributed by atoms with E-state index in [0.717, 1.165) is 13.8 Å². The predicted molar refractivity (Wildman–Crippen MR) is 76.4 cm³/mol. The Bertz CT molecular complexity index is 684. The Kier molecular flexibility index (Phi) is 8.42. The molecule has 0 spiro atoms. The molecule has 0 bridgehead atoms. The van der Waals surface area contributed by atoms with Crippen molar-refractivity contribution >= 4 is 21.8 Å². The standard InChI is InChI=1S/C13H15F9O6S/c1-3-27-8(23)7(9(24)28-4-2)29(25,26)6-5-10(14,15)11(16,17)12(18,19)13(20,21)22/h7H,3-6H2,1-2H3. The second-order valence-electron chi connectivity index (χ2n) is 5.35. The van der Waals surface area contributed by atoms with Crippen molar-refractivity contribution in [2.24, 2.45) is 0 Å². The second kappa shape index (κ2) is 8.95. The van der Waals surface area contributed by atoms with E-state index >= 15 is 0 Å². The van der Waals surface area contributed by atoms with Crippen LogP contribution in [0.1, 0.15) is 20.3 Å². The molecular weight excluding hydrogens is 455 g/mol. The highest BCUT2D eigenvalue weighted by Gasteiger charge is 2.81. The Hall–Kier alpha value is -1.74. The fraction of sp³-hybridized carbons (Fsp3) is 0.846. The van der Waals surface area contributed by atoms with E-state index in [2.05, 4.69) is 9.47 Å². The smallest absolute Gasteiger partial charge is 0.460 e. The molecular formula is C13H15F9O6S. The van der Waals surface area contributed by atoms with E-state index < -0.39 is 76.4 Å². The molecule has 29 heavy (non-hydrogen) atoms. The summed E-state index contributed by atoms with van der Waals surface area (Å²) in [5.74, 6) is -26.3. The lowest BCUT2D eigenvalue weighted by Gasteiger charge is -2.33. The van der Waals surface area contributed by atoms with Gasteiger partial charge in [-0.1, -0.05) is 0 Å². The van der Waals surface area contributed by atoms with Crippen LogP contribution in [0.5, 0.6) is 0 Å². The zero-order valence-corrected chi connectivity index (χ0v) is 15.5. The van der Waals surface area contributed by atoms with Crippen molar-refractivity contribution in [2.75, 3.05) is 19.0 Å². The average Bonchev–Trinajstić information content (AvgIpc) is 2.52. The Labute approximate surface area is 158 Å². The van der Waals surface area contributed by atoms with Crippen LogP contribution in [0.15, 0.2) is 0 Å². The van der Waals surface area contributed by atoms with Crippen LogP contribution in [0.25, 0.3) is 0 Å². The first kappa shape index (κ1) is 27.3. The maximum atomic E-state index is 13.5. The normalized spacial score (nSPS) is 14.1. The van der Waals surface area contributed by atoms with Gasteiger partial charge in [-0.3, -0.25) is 9.59 Å². The van der Waals surface area contributed by atoms with Crippen molar-refractivity contribution in [3.63, 3.8) is 0 Å². The number of sulfone groups is 1. The molecule has 0 saturated carbocycles. The van der Waals surface area contributed by atoms with E-state index in [1.165, 1.54) is 0 Å². The molecule has 0 atom stereocenters. The maximum absolute atomic E-state index is 13.5. The second-order valence-corrected chi connectivity index (χ2v) is 7.56. The van der Waals surface area contributed by atoms with Gasteiger partial charge >= 0.3 is 35.9 Å². The number of rotatable bonds is 10. The molecule has 0 aromatic carbocycles. The lowest BCUT2D eigenvalue weighted by molar-refractivity contribution is -0.396. The topological polar surface area (TPSA) is 86.7 Å². The molecule has 0 heterocycles. The van der Waals surface area contributed by atoms with Crippen LogP contribution < -0.4 is 0 Å². The lowest BCUT2D eigenvalue weighted by atomic mass is 10.0. The molecule has 0 unspecified atom stereocenters. The highest BCUT2D eigenvalue weighted by molar-refractivity contribution is 7.93. The number of hydrogen-bond acceptors (Lipinski definition) is 6. The highest BCUT2D eigenvalue weighted by atomic mass is 32.2. The number of alkyl halides is 9. The summed E-state index contributed by atoms with van der Waals surface area (Å²) < 4.78 is 148. The molecule has 0 N–H and O–H groups in total. The summed E-state index contributed by atoms with van der Waals surface area (Å²) in [6.45, 7) is 1.30. The summed E-state index contributed by atoms with van der Waals surface area (Å²) in [5.41, 5.74) is 0. The van der Waals surface area contributed by atoms with Gasteiger partial charge in [0.15, 0.2) is 9.84 Å². The first-order chi connectivity index (χ1) is 12.8. The van der Waals surface area contributed by atoms with Gasteiger partial charge < -0.3 is 9.47 Å². The van der Waals surface area contributed by atoms with Crippen molar-refractivity contribution in [3.05, 3.63) is 0 Å². The lowest BCUT2D eigenvalue weighted by Crippen LogP contribution is -2.61. The van der Waals surface area contributed by atoms with Crippen LogP contribution in [0.4, 0.5) is 39.5 Å². The van der Waals surface area contributed by atoms with Gasteiger partial charge in [0, 0.05) is 6.42 Å². The fourth-order valence-electron chi connectivity index (χ4n) is 1.78. The van der Waals surface area contributed by atoms with Gasteiger partial charge in [0.05, 0.1) is 19.0 Å². The van der Waals surface area contributed by atoms with Crippen LogP contribution in [-0.4, -0.2) is 68.5 Å². The SMILES string of the molecule is CCOC(=O)C(C(=O)OCC)S(=O)(=O)CCC(F)(F)C(F)(F)C(F)(F)C(F)(F)F. The van der Waals surface area contributed by atoms with Gasteiger partial charge in [0.25, 0.3) is 5.25 Å². The van der Waals surface area contributed by atoms with E-state index in [1.54, 1.807) is 0 Å². The van der Waals surface area contributed by atoms with Gasteiger partial charge in [-0.05, 0) is 13.8 Å². The molecule has 0 aliphatic rings. The first-order valence-corrected chi connectivity index (χ1v) is 9.26. The molecule has 0 rings (SSSR count). The molecule has 0 amide bonds. The van der Waals surface area contributed by atoms with Crippen LogP contribution >= 0.6 is 0 Å². The van der Waals surface area contributed by atoms with Crippen LogP contribution in [-0.2, 0) is 28.9 Å². The molecule has 0 aliphatic heterocycles. The monoisotopic (exact) mass is 470 g/mol. The van der Waals surface area contributed by atoms with Crippen molar-refractivity contribution in [1.29, 1.82) is 0 Å². The third-order valence-electron chi connectivity index (χ3n) is 3.27. The van der Waals surface area contributed by atoms with Crippen molar-refractivity contribution in [1.82, 2.24) is 0 Å². The van der Waals surface area contributed by atoms with Crippen molar-refractivity contribution in [3.8, 4) is 0 Å². The molecule has 6 nitrogen and oxygen atoms in total. The minimum atomic E-state index is -7.20. The van der Waals surface area contributed by atoms with E-state index in [1.807, 2.05) is 0 Å². The zero-order chi connectivity index (χ0) is 23.5. The van der Waals surface area contributed by atoms with Crippen molar-refractivity contribution in [2.45, 2.75) is 49.5 Å². The summed E-state index contributed by atoms with van der Waals surface area (Å²) >= 11 is 0. The van der Waals surface area contributed by atoms with E-state index in [9.17, 15) is 57.5 Å². The van der Waals surface area contributed by atoms with E-state index in [-0.39, 0.29) is 0 Å². The molecule has 0 fully saturated rings. The summed E-state index contributed by atoms with van der Waals surface area (Å²) in [7, 11) is -5.43. The predicted octanol–water partition coefficient (Wildman–Crippen LogP) is 2.75. The summed E-state index contributed by atoms with van der Waals surface area (Å²) in [6, 6.07) is 0. The molecule has 0 aromatic rings. The summed E-state index contributed by atoms with van der Waals surface area (Å²) in [4.78, 5) is 23.2. The molecule has 0 saturated heterocycles. The van der Waals surface area contributed by atoms with Gasteiger partial charge in [-0.2, -0.15) is 39.5 Å². The third kappa shape index (κ3) is 5.66. The van der Waals surface area contributed by atoms with Gasteiger partial charge in [-0.25, -0.2) is 8.42 Å². The number of halogens is 9. The fourth-order valence-corrected chi connectivity index (χ4v) is 3.28. The molecule has 0 aliphatic carbocycles. The maximum Gasteiger partial charge on any atom is 0.460 e. The largest absolute Gasteiger partial charge is 0.465 e. The quantitative estimate of drug-likeness (QED) is 0.277. The van der Waals surface area contributed by atoms with Crippen LogP contribution in [0, 0.1) is 0 Å². The van der Waals surface area contributed by atoms with Gasteiger partial charge in [0.2, 0.25) is 0 Å². The van der Waals surface area contributed by atoms with Gasteiger partial charge in [0.1, 0.15) is 0 Å². The Morgan fingerprint density at radius 3 is 1.48 bits per heavy atom. The van der Waals surface area contributed by atoms with Gasteiger partial charge in [-0.15, -0.1) is 0 Å². The molecule has 0 radical (unpaired) electrons. The number of carbonyl (C=O) groups excluding carboxylic acids is 2. The summed E-state index contributed by atoms with van der Waals surface area (Å²) in [5, 5.41) is -2.92. The Morgan fingerprint density at radius 1 is 0.793 bits per heavy atom. The Morgan fingerprint density at radius 2 is 1.17 bits per heavy atom. The number of ether oxygens (including phenoxy) is 2. The van der Waals surface area contributed by atoms with Crippen molar-refractivity contribution < 1.29 is 67.0 Å².